The van der Waals surface area contributed by atoms with E-state index in [4.69, 9.17) is 10.6 Å². The van der Waals surface area contributed by atoms with Gasteiger partial charge in [0.15, 0.2) is 0 Å². The third-order valence-corrected chi connectivity index (χ3v) is 4.88. The summed E-state index contributed by atoms with van der Waals surface area (Å²) in [4.78, 5) is 14.9. The van der Waals surface area contributed by atoms with Gasteiger partial charge in [0.2, 0.25) is 0 Å². The molecule has 7 nitrogen and oxygen atoms in total. The molecule has 8 heteroatoms. The number of hydrogen-bond donors (Lipinski definition) is 4. The third kappa shape index (κ3) is 5.41. The molecule has 1 amide bonds. The van der Waals surface area contributed by atoms with Crippen LogP contribution in [-0.2, 0) is 0 Å². The number of hydrazine groups is 1. The van der Waals surface area contributed by atoms with Crippen LogP contribution in [0.3, 0.4) is 0 Å². The molecule has 2 aromatic carbocycles. The molecule has 5 N–H and O–H groups in total. The van der Waals surface area contributed by atoms with Crippen LogP contribution in [0.5, 0.6) is 5.75 Å². The van der Waals surface area contributed by atoms with Crippen molar-refractivity contribution in [3.63, 3.8) is 0 Å². The maximum absolute atomic E-state index is 13.0. The van der Waals surface area contributed by atoms with Crippen LogP contribution >= 0.6 is 0 Å². The molecule has 1 fully saturated rings. The van der Waals surface area contributed by atoms with Crippen LogP contribution in [0.1, 0.15) is 10.4 Å². The minimum atomic E-state index is -0.584. The van der Waals surface area contributed by atoms with Crippen molar-refractivity contribution < 1.29 is 23.9 Å². The van der Waals surface area contributed by atoms with Crippen molar-refractivity contribution in [2.75, 3.05) is 44.2 Å². The number of piperazine rings is 1. The summed E-state index contributed by atoms with van der Waals surface area (Å²) in [6, 6.07) is 13.1. The molecule has 0 spiro atoms. The van der Waals surface area contributed by atoms with Gasteiger partial charge in [0.05, 0.1) is 26.2 Å². The van der Waals surface area contributed by atoms with Gasteiger partial charge in [-0.05, 0) is 48.5 Å². The Hall–Kier alpha value is -2.68. The van der Waals surface area contributed by atoms with Gasteiger partial charge in [0, 0.05) is 11.3 Å². The number of rotatable bonds is 7. The highest BCUT2D eigenvalue weighted by Crippen LogP contribution is 2.14. The lowest BCUT2D eigenvalue weighted by Crippen LogP contribution is -3.16. The van der Waals surface area contributed by atoms with Gasteiger partial charge in [0.25, 0.3) is 5.91 Å². The number of benzene rings is 2. The molecule has 150 valence electrons. The SMILES string of the molecule is NNC(=O)c1ccc(OC[C@@H](O)C[NH+]2CCN(c3ccc(F)cc3)CC2)cc1. The molecule has 0 bridgehead atoms. The Balaban J connectivity index is 1.40. The average molecular weight is 389 g/mol. The first-order valence-corrected chi connectivity index (χ1v) is 9.31. The zero-order valence-corrected chi connectivity index (χ0v) is 15.6. The highest BCUT2D eigenvalue weighted by atomic mass is 19.1. The normalized spacial score (nSPS) is 15.9. The van der Waals surface area contributed by atoms with Crippen molar-refractivity contribution in [3.05, 3.63) is 59.9 Å². The van der Waals surface area contributed by atoms with Crippen molar-refractivity contribution in [3.8, 4) is 5.75 Å². The minimum Gasteiger partial charge on any atom is -0.491 e. The van der Waals surface area contributed by atoms with Gasteiger partial charge in [-0.15, -0.1) is 0 Å². The number of aliphatic hydroxyl groups is 1. The number of amides is 1. The number of carbonyl (C=O) groups excluding carboxylic acids is 1. The van der Waals surface area contributed by atoms with Gasteiger partial charge in [-0.2, -0.15) is 0 Å². The van der Waals surface area contributed by atoms with E-state index in [0.29, 0.717) is 17.9 Å². The number of halogens is 1. The highest BCUT2D eigenvalue weighted by molar-refractivity contribution is 5.93. The lowest BCUT2D eigenvalue weighted by molar-refractivity contribution is -0.903. The number of nitrogens with zero attached hydrogens (tertiary/aromatic N) is 1. The van der Waals surface area contributed by atoms with Crippen LogP contribution in [0.25, 0.3) is 0 Å². The van der Waals surface area contributed by atoms with Crippen molar-refractivity contribution in [1.29, 1.82) is 0 Å². The first-order valence-electron chi connectivity index (χ1n) is 9.31. The standard InChI is InChI=1S/C20H25FN4O3/c21-16-3-5-17(6-4-16)25-11-9-24(10-12-25)13-18(26)14-28-19-7-1-15(2-8-19)20(27)23-22/h1-8,18,26H,9-14,22H2,(H,23,27)/p+1/t18-/m0/s1. The Morgan fingerprint density at radius 1 is 1.18 bits per heavy atom. The van der Waals surface area contributed by atoms with E-state index in [1.54, 1.807) is 36.4 Å². The number of anilines is 1. The van der Waals surface area contributed by atoms with Crippen LogP contribution in [0.2, 0.25) is 0 Å². The summed E-state index contributed by atoms with van der Waals surface area (Å²) in [5, 5.41) is 10.3. The first kappa shape index (κ1) is 20.1. The summed E-state index contributed by atoms with van der Waals surface area (Å²) in [5.41, 5.74) is 3.54. The Kier molecular flexibility index (Phi) is 6.80. The molecule has 0 saturated carbocycles. The molecular formula is C20H26FN4O3+. The number of ether oxygens (including phenoxy) is 1. The average Bonchev–Trinajstić information content (AvgIpc) is 2.73. The lowest BCUT2D eigenvalue weighted by atomic mass is 10.2. The smallest absolute Gasteiger partial charge is 0.265 e. The van der Waals surface area contributed by atoms with E-state index in [1.165, 1.54) is 17.0 Å². The fourth-order valence-electron chi connectivity index (χ4n) is 3.31. The Labute approximate surface area is 163 Å². The largest absolute Gasteiger partial charge is 0.491 e. The second kappa shape index (κ2) is 9.50. The van der Waals surface area contributed by atoms with Gasteiger partial charge in [-0.1, -0.05) is 0 Å². The van der Waals surface area contributed by atoms with Gasteiger partial charge in [0.1, 0.15) is 30.8 Å². The molecule has 1 heterocycles. The molecule has 28 heavy (non-hydrogen) atoms. The number of nitrogens with one attached hydrogen (secondary N) is 2. The number of carbonyl (C=O) groups is 1. The number of quaternary nitrogens is 1. The van der Waals surface area contributed by atoms with E-state index in [0.717, 1.165) is 31.9 Å². The molecule has 1 saturated heterocycles. The molecule has 1 aliphatic heterocycles. The second-order valence-corrected chi connectivity index (χ2v) is 6.88. The summed E-state index contributed by atoms with van der Waals surface area (Å²) in [7, 11) is 0. The number of nitrogen functional groups attached to an aromatic ring is 1. The fraction of sp³-hybridized carbons (Fsp3) is 0.350. The predicted octanol–water partition coefficient (Wildman–Crippen LogP) is -0.426. The highest BCUT2D eigenvalue weighted by Gasteiger charge is 2.23. The quantitative estimate of drug-likeness (QED) is 0.293. The van der Waals surface area contributed by atoms with Gasteiger partial charge < -0.3 is 19.6 Å². The molecule has 0 aliphatic carbocycles. The molecule has 3 rings (SSSR count). The van der Waals surface area contributed by atoms with Gasteiger partial charge in [-0.3, -0.25) is 10.2 Å². The Morgan fingerprint density at radius 2 is 1.82 bits per heavy atom. The summed E-state index contributed by atoms with van der Waals surface area (Å²) >= 11 is 0. The van der Waals surface area contributed by atoms with Crippen LogP contribution < -0.4 is 25.8 Å². The van der Waals surface area contributed by atoms with Crippen LogP contribution in [0, 0.1) is 5.82 Å². The van der Waals surface area contributed by atoms with Crippen molar-refractivity contribution in [2.24, 2.45) is 5.84 Å². The monoisotopic (exact) mass is 389 g/mol. The van der Waals surface area contributed by atoms with E-state index < -0.39 is 6.10 Å². The molecular weight excluding hydrogens is 363 g/mol. The maximum Gasteiger partial charge on any atom is 0.265 e. The van der Waals surface area contributed by atoms with Crippen LogP contribution in [-0.4, -0.2) is 56.4 Å². The van der Waals surface area contributed by atoms with E-state index in [9.17, 15) is 14.3 Å². The topological polar surface area (TPSA) is 92.3 Å². The van der Waals surface area contributed by atoms with Crippen molar-refractivity contribution in [2.45, 2.75) is 6.10 Å². The summed E-state index contributed by atoms with van der Waals surface area (Å²) in [5.74, 6) is 5.09. The Bertz CT molecular complexity index is 762. The molecule has 2 aromatic rings. The van der Waals surface area contributed by atoms with Crippen LogP contribution in [0.4, 0.5) is 10.1 Å². The zero-order valence-electron chi connectivity index (χ0n) is 15.6. The second-order valence-electron chi connectivity index (χ2n) is 6.88. The fourth-order valence-corrected chi connectivity index (χ4v) is 3.31. The van der Waals surface area contributed by atoms with Crippen molar-refractivity contribution in [1.82, 2.24) is 5.43 Å². The molecule has 0 unspecified atom stereocenters. The van der Waals surface area contributed by atoms with Crippen LogP contribution in [0.15, 0.2) is 48.5 Å². The minimum absolute atomic E-state index is 0.188. The lowest BCUT2D eigenvalue weighted by Gasteiger charge is -2.34. The number of aliphatic hydroxyl groups excluding tert-OH is 1. The van der Waals surface area contributed by atoms with E-state index in [2.05, 4.69) is 10.3 Å². The summed E-state index contributed by atoms with van der Waals surface area (Å²) < 4.78 is 18.6. The number of nitrogens with two attached hydrogens (primary N) is 1. The third-order valence-electron chi connectivity index (χ3n) is 4.88. The maximum atomic E-state index is 13.0. The van der Waals surface area contributed by atoms with E-state index >= 15 is 0 Å². The zero-order chi connectivity index (χ0) is 19.9. The number of hydrogen-bond acceptors (Lipinski definition) is 5. The molecule has 1 atom stereocenters. The summed E-state index contributed by atoms with van der Waals surface area (Å²) in [6.07, 6.45) is -0.584. The van der Waals surface area contributed by atoms with Crippen molar-refractivity contribution >= 4 is 11.6 Å². The predicted molar refractivity (Wildman–Crippen MR) is 104 cm³/mol. The molecule has 0 radical (unpaired) electrons. The molecule has 1 aliphatic rings. The van der Waals surface area contributed by atoms with E-state index in [1.807, 2.05) is 0 Å². The van der Waals surface area contributed by atoms with Gasteiger partial charge in [-0.25, -0.2) is 10.2 Å². The van der Waals surface area contributed by atoms with E-state index in [-0.39, 0.29) is 18.3 Å². The molecule has 0 aromatic heterocycles. The Morgan fingerprint density at radius 3 is 2.43 bits per heavy atom. The summed E-state index contributed by atoms with van der Waals surface area (Å²) in [6.45, 7) is 4.31. The van der Waals surface area contributed by atoms with Gasteiger partial charge >= 0.3 is 0 Å². The first-order chi connectivity index (χ1) is 13.5.